The summed E-state index contributed by atoms with van der Waals surface area (Å²) in [6.45, 7) is 6.70. The Morgan fingerprint density at radius 1 is 1.41 bits per heavy atom. The minimum atomic E-state index is -0.0455. The molecule has 1 aromatic carbocycles. The van der Waals surface area contributed by atoms with Gasteiger partial charge in [0.2, 0.25) is 0 Å². The molecule has 1 fully saturated rings. The van der Waals surface area contributed by atoms with Gasteiger partial charge < -0.3 is 15.4 Å². The number of para-hydroxylation sites is 1. The Balaban J connectivity index is 2.34. The van der Waals surface area contributed by atoms with Gasteiger partial charge in [0.1, 0.15) is 0 Å². The predicted octanol–water partition coefficient (Wildman–Crippen LogP) is 2.02. The molecule has 2 rings (SSSR count). The molecule has 2 N–H and O–H groups in total. The van der Waals surface area contributed by atoms with Crippen LogP contribution in [0.25, 0.3) is 0 Å². The Bertz CT molecular complexity index is 354. The Morgan fingerprint density at radius 3 is 2.59 bits per heavy atom. The summed E-state index contributed by atoms with van der Waals surface area (Å²) >= 11 is 0. The van der Waals surface area contributed by atoms with Crippen molar-refractivity contribution in [2.75, 3.05) is 24.6 Å². The molecule has 0 bridgehead atoms. The molecule has 0 aromatic heterocycles. The van der Waals surface area contributed by atoms with Crippen LogP contribution < -0.4 is 10.6 Å². The average Bonchev–Trinajstić information content (AvgIpc) is 2.74. The number of ether oxygens (including phenoxy) is 1. The summed E-state index contributed by atoms with van der Waals surface area (Å²) in [5.41, 5.74) is 7.24. The molecular weight excluding hydrogens is 212 g/mol. The van der Waals surface area contributed by atoms with Gasteiger partial charge in [-0.1, -0.05) is 18.2 Å². The average molecular weight is 234 g/mol. The topological polar surface area (TPSA) is 38.5 Å². The van der Waals surface area contributed by atoms with Gasteiger partial charge in [-0.2, -0.15) is 0 Å². The van der Waals surface area contributed by atoms with E-state index in [4.69, 9.17) is 10.5 Å². The Morgan fingerprint density at radius 2 is 2.12 bits per heavy atom. The van der Waals surface area contributed by atoms with Gasteiger partial charge in [0, 0.05) is 25.4 Å². The van der Waals surface area contributed by atoms with Crippen LogP contribution in [0.15, 0.2) is 30.3 Å². The second-order valence-corrected chi connectivity index (χ2v) is 4.65. The molecule has 17 heavy (non-hydrogen) atoms. The fourth-order valence-electron chi connectivity index (χ4n) is 2.87. The molecule has 2 atom stereocenters. The third-order valence-electron chi connectivity index (χ3n) is 3.93. The van der Waals surface area contributed by atoms with E-state index < -0.39 is 0 Å². The van der Waals surface area contributed by atoms with Crippen LogP contribution in [0.4, 0.5) is 5.69 Å². The van der Waals surface area contributed by atoms with E-state index in [1.807, 2.05) is 6.07 Å². The zero-order chi connectivity index (χ0) is 12.3. The van der Waals surface area contributed by atoms with Crippen LogP contribution in [-0.4, -0.2) is 31.3 Å². The number of nitrogens with zero attached hydrogens (tertiary/aromatic N) is 1. The van der Waals surface area contributed by atoms with Crippen molar-refractivity contribution < 1.29 is 4.74 Å². The molecule has 0 aliphatic carbocycles. The SMILES string of the molecule is CCN(c1ccccc1)C1(CN)CCOC1C. The van der Waals surface area contributed by atoms with Gasteiger partial charge in [-0.25, -0.2) is 0 Å². The molecule has 94 valence electrons. The zero-order valence-corrected chi connectivity index (χ0v) is 10.7. The summed E-state index contributed by atoms with van der Waals surface area (Å²) in [6.07, 6.45) is 1.19. The van der Waals surface area contributed by atoms with Gasteiger partial charge in [0.05, 0.1) is 11.6 Å². The van der Waals surface area contributed by atoms with E-state index in [0.29, 0.717) is 6.54 Å². The first-order chi connectivity index (χ1) is 8.24. The molecule has 0 radical (unpaired) electrons. The summed E-state index contributed by atoms with van der Waals surface area (Å²) in [5, 5.41) is 0. The second kappa shape index (κ2) is 5.07. The fraction of sp³-hybridized carbons (Fsp3) is 0.571. The minimum Gasteiger partial charge on any atom is -0.376 e. The third kappa shape index (κ3) is 2.05. The molecule has 1 saturated heterocycles. The third-order valence-corrected chi connectivity index (χ3v) is 3.93. The van der Waals surface area contributed by atoms with Crippen LogP contribution in [0.2, 0.25) is 0 Å². The van der Waals surface area contributed by atoms with Crippen molar-refractivity contribution in [1.29, 1.82) is 0 Å². The lowest BCUT2D eigenvalue weighted by atomic mass is 9.89. The maximum absolute atomic E-state index is 6.05. The van der Waals surface area contributed by atoms with Crippen molar-refractivity contribution >= 4 is 5.69 Å². The first-order valence-corrected chi connectivity index (χ1v) is 6.39. The van der Waals surface area contributed by atoms with Crippen molar-refractivity contribution in [3.63, 3.8) is 0 Å². The van der Waals surface area contributed by atoms with E-state index in [-0.39, 0.29) is 11.6 Å². The molecule has 1 aliphatic heterocycles. The van der Waals surface area contributed by atoms with Crippen LogP contribution in [0, 0.1) is 0 Å². The number of benzene rings is 1. The first-order valence-electron chi connectivity index (χ1n) is 6.39. The highest BCUT2D eigenvalue weighted by Gasteiger charge is 2.44. The quantitative estimate of drug-likeness (QED) is 0.866. The Hall–Kier alpha value is -1.06. The van der Waals surface area contributed by atoms with Crippen molar-refractivity contribution in [3.8, 4) is 0 Å². The van der Waals surface area contributed by atoms with Crippen LogP contribution in [-0.2, 0) is 4.74 Å². The smallest absolute Gasteiger partial charge is 0.0803 e. The highest BCUT2D eigenvalue weighted by atomic mass is 16.5. The normalized spacial score (nSPS) is 28.3. The molecule has 1 heterocycles. The molecule has 0 saturated carbocycles. The number of likely N-dealkylation sites (N-methyl/N-ethyl adjacent to an activating group) is 1. The largest absolute Gasteiger partial charge is 0.376 e. The molecule has 1 aliphatic rings. The number of anilines is 1. The van der Waals surface area contributed by atoms with E-state index in [9.17, 15) is 0 Å². The lowest BCUT2D eigenvalue weighted by molar-refractivity contribution is 0.0949. The van der Waals surface area contributed by atoms with Gasteiger partial charge in [-0.3, -0.25) is 0 Å². The van der Waals surface area contributed by atoms with Crippen LogP contribution in [0.1, 0.15) is 20.3 Å². The molecular formula is C14H22N2O. The maximum atomic E-state index is 6.05. The highest BCUT2D eigenvalue weighted by Crippen LogP contribution is 2.34. The molecule has 0 spiro atoms. The number of hydrogen-bond acceptors (Lipinski definition) is 3. The molecule has 3 heteroatoms. The summed E-state index contributed by atoms with van der Waals surface area (Å²) in [5.74, 6) is 0. The lowest BCUT2D eigenvalue weighted by Crippen LogP contribution is -2.58. The highest BCUT2D eigenvalue weighted by molar-refractivity contribution is 5.50. The van der Waals surface area contributed by atoms with Gasteiger partial charge in [-0.15, -0.1) is 0 Å². The summed E-state index contributed by atoms with van der Waals surface area (Å²) in [4.78, 5) is 2.39. The lowest BCUT2D eigenvalue weighted by Gasteiger charge is -2.43. The summed E-state index contributed by atoms with van der Waals surface area (Å²) < 4.78 is 5.74. The van der Waals surface area contributed by atoms with E-state index in [0.717, 1.165) is 19.6 Å². The van der Waals surface area contributed by atoms with E-state index in [1.54, 1.807) is 0 Å². The first kappa shape index (κ1) is 12.4. The van der Waals surface area contributed by atoms with Crippen molar-refractivity contribution in [2.45, 2.75) is 31.9 Å². The Kier molecular flexibility index (Phi) is 3.69. The number of hydrogen-bond donors (Lipinski definition) is 1. The van der Waals surface area contributed by atoms with Crippen molar-refractivity contribution in [2.24, 2.45) is 5.73 Å². The second-order valence-electron chi connectivity index (χ2n) is 4.65. The Labute approximate surface area is 104 Å². The van der Waals surface area contributed by atoms with Crippen molar-refractivity contribution in [3.05, 3.63) is 30.3 Å². The maximum Gasteiger partial charge on any atom is 0.0803 e. The monoisotopic (exact) mass is 234 g/mol. The summed E-state index contributed by atoms with van der Waals surface area (Å²) in [6, 6.07) is 10.5. The zero-order valence-electron chi connectivity index (χ0n) is 10.7. The van der Waals surface area contributed by atoms with Gasteiger partial charge in [-0.05, 0) is 32.4 Å². The van der Waals surface area contributed by atoms with Crippen molar-refractivity contribution in [1.82, 2.24) is 0 Å². The molecule has 3 nitrogen and oxygen atoms in total. The van der Waals surface area contributed by atoms with E-state index in [1.165, 1.54) is 5.69 Å². The predicted molar refractivity (Wildman–Crippen MR) is 71.3 cm³/mol. The summed E-state index contributed by atoms with van der Waals surface area (Å²) in [7, 11) is 0. The molecule has 1 aromatic rings. The number of nitrogens with two attached hydrogens (primary N) is 1. The van der Waals surface area contributed by atoms with E-state index >= 15 is 0 Å². The van der Waals surface area contributed by atoms with Gasteiger partial charge in [0.15, 0.2) is 0 Å². The number of rotatable bonds is 4. The van der Waals surface area contributed by atoms with E-state index in [2.05, 4.69) is 43.0 Å². The van der Waals surface area contributed by atoms with Gasteiger partial charge >= 0.3 is 0 Å². The van der Waals surface area contributed by atoms with Crippen LogP contribution >= 0.6 is 0 Å². The minimum absolute atomic E-state index is 0.0455. The molecule has 2 unspecified atom stereocenters. The van der Waals surface area contributed by atoms with Gasteiger partial charge in [0.25, 0.3) is 0 Å². The van der Waals surface area contributed by atoms with Crippen LogP contribution in [0.5, 0.6) is 0 Å². The fourth-order valence-corrected chi connectivity index (χ4v) is 2.87. The molecule has 0 amide bonds. The van der Waals surface area contributed by atoms with Crippen LogP contribution in [0.3, 0.4) is 0 Å². The standard InChI is InChI=1S/C14H22N2O/c1-3-16(13-7-5-4-6-8-13)14(11-15)9-10-17-12(14)2/h4-8,12H,3,9-11,15H2,1-2H3.